The molecule has 1 aromatic carbocycles. The zero-order chi connectivity index (χ0) is 15.2. The molecule has 6 nitrogen and oxygen atoms in total. The summed E-state index contributed by atoms with van der Waals surface area (Å²) < 4.78 is 7.47. The fourth-order valence-corrected chi connectivity index (χ4v) is 2.49. The molecule has 3 rings (SSSR count). The Hall–Kier alpha value is -2.18. The largest absolute Gasteiger partial charge is 0.366 e. The first-order valence-electron chi connectivity index (χ1n) is 7.45. The van der Waals surface area contributed by atoms with Gasteiger partial charge in [-0.1, -0.05) is 24.3 Å². The van der Waals surface area contributed by atoms with Crippen molar-refractivity contribution in [2.24, 2.45) is 0 Å². The summed E-state index contributed by atoms with van der Waals surface area (Å²) in [6.07, 6.45) is 5.08. The number of carbonyl (C=O) groups is 1. The van der Waals surface area contributed by atoms with E-state index in [1.54, 1.807) is 12.5 Å². The van der Waals surface area contributed by atoms with E-state index < -0.39 is 6.10 Å². The Balaban J connectivity index is 1.61. The van der Waals surface area contributed by atoms with Gasteiger partial charge in [-0.25, -0.2) is 4.98 Å². The lowest BCUT2D eigenvalue weighted by Gasteiger charge is -2.23. The molecule has 1 atom stereocenters. The molecular formula is C16H20N4O2. The Kier molecular flexibility index (Phi) is 4.82. The van der Waals surface area contributed by atoms with Crippen LogP contribution in [0.4, 0.5) is 0 Å². The summed E-state index contributed by atoms with van der Waals surface area (Å²) in [5.74, 6) is -0.0652. The monoisotopic (exact) mass is 300 g/mol. The molecule has 1 unspecified atom stereocenters. The SMILES string of the molecule is O=C(NCc1ccccc1Cn1ccnc1)C1CNCCO1. The van der Waals surface area contributed by atoms with Gasteiger partial charge in [-0.15, -0.1) is 0 Å². The highest BCUT2D eigenvalue weighted by molar-refractivity contribution is 5.81. The molecule has 0 bridgehead atoms. The summed E-state index contributed by atoms with van der Waals surface area (Å²) in [7, 11) is 0. The first-order valence-corrected chi connectivity index (χ1v) is 7.45. The van der Waals surface area contributed by atoms with Crippen molar-refractivity contribution in [1.82, 2.24) is 20.2 Å². The summed E-state index contributed by atoms with van der Waals surface area (Å²) in [6.45, 7) is 3.20. The lowest BCUT2D eigenvalue weighted by atomic mass is 10.1. The second-order valence-corrected chi connectivity index (χ2v) is 5.29. The van der Waals surface area contributed by atoms with Gasteiger partial charge < -0.3 is 19.9 Å². The van der Waals surface area contributed by atoms with Crippen LogP contribution in [0.15, 0.2) is 43.0 Å². The van der Waals surface area contributed by atoms with Gasteiger partial charge in [-0.05, 0) is 11.1 Å². The maximum Gasteiger partial charge on any atom is 0.250 e. The van der Waals surface area contributed by atoms with Gasteiger partial charge in [-0.2, -0.15) is 0 Å². The number of hydrogen-bond donors (Lipinski definition) is 2. The first-order chi connectivity index (χ1) is 10.8. The standard InChI is InChI=1S/C16H20N4O2/c21-16(15-10-17-6-8-22-15)19-9-13-3-1-2-4-14(13)11-20-7-5-18-12-20/h1-5,7,12,15,17H,6,8-11H2,(H,19,21). The van der Waals surface area contributed by atoms with Crippen LogP contribution in [0.3, 0.4) is 0 Å². The summed E-state index contributed by atoms with van der Waals surface area (Å²) in [6, 6.07) is 8.09. The van der Waals surface area contributed by atoms with Crippen molar-refractivity contribution < 1.29 is 9.53 Å². The van der Waals surface area contributed by atoms with Gasteiger partial charge in [0.1, 0.15) is 6.10 Å². The molecule has 1 fully saturated rings. The number of amides is 1. The summed E-state index contributed by atoms with van der Waals surface area (Å²) >= 11 is 0. The van der Waals surface area contributed by atoms with E-state index in [0.29, 0.717) is 19.7 Å². The Bertz CT molecular complexity index is 606. The van der Waals surface area contributed by atoms with E-state index in [2.05, 4.69) is 21.7 Å². The third-order valence-corrected chi connectivity index (χ3v) is 3.70. The number of benzene rings is 1. The first kappa shape index (κ1) is 14.7. The minimum atomic E-state index is -0.394. The van der Waals surface area contributed by atoms with Crippen LogP contribution in [-0.4, -0.2) is 41.3 Å². The Morgan fingerprint density at radius 3 is 3.00 bits per heavy atom. The van der Waals surface area contributed by atoms with Crippen molar-refractivity contribution in [3.05, 3.63) is 54.1 Å². The predicted octanol–water partition coefficient (Wildman–Crippen LogP) is 0.536. The highest BCUT2D eigenvalue weighted by atomic mass is 16.5. The van der Waals surface area contributed by atoms with E-state index in [-0.39, 0.29) is 5.91 Å². The zero-order valence-electron chi connectivity index (χ0n) is 12.4. The van der Waals surface area contributed by atoms with Crippen molar-refractivity contribution in [1.29, 1.82) is 0 Å². The summed E-state index contributed by atoms with van der Waals surface area (Å²) in [5.41, 5.74) is 2.27. The van der Waals surface area contributed by atoms with E-state index in [1.807, 2.05) is 29.0 Å². The number of nitrogens with one attached hydrogen (secondary N) is 2. The van der Waals surface area contributed by atoms with E-state index in [1.165, 1.54) is 5.56 Å². The molecule has 6 heteroatoms. The average molecular weight is 300 g/mol. The van der Waals surface area contributed by atoms with Crippen LogP contribution in [-0.2, 0) is 22.6 Å². The lowest BCUT2D eigenvalue weighted by molar-refractivity contribution is -0.134. The smallest absolute Gasteiger partial charge is 0.250 e. The molecule has 2 heterocycles. The number of rotatable bonds is 5. The van der Waals surface area contributed by atoms with Crippen LogP contribution < -0.4 is 10.6 Å². The number of ether oxygens (including phenoxy) is 1. The molecule has 1 aliphatic heterocycles. The van der Waals surface area contributed by atoms with Gasteiger partial charge in [0, 0.05) is 38.6 Å². The fraction of sp³-hybridized carbons (Fsp3) is 0.375. The number of carbonyl (C=O) groups excluding carboxylic acids is 1. The van der Waals surface area contributed by atoms with Crippen LogP contribution >= 0.6 is 0 Å². The number of aromatic nitrogens is 2. The van der Waals surface area contributed by atoms with Gasteiger partial charge in [0.15, 0.2) is 0 Å². The molecule has 2 aromatic rings. The predicted molar refractivity (Wildman–Crippen MR) is 82.2 cm³/mol. The van der Waals surface area contributed by atoms with Gasteiger partial charge in [0.2, 0.25) is 0 Å². The van der Waals surface area contributed by atoms with Gasteiger partial charge in [0.05, 0.1) is 12.9 Å². The Morgan fingerprint density at radius 2 is 2.27 bits per heavy atom. The second-order valence-electron chi connectivity index (χ2n) is 5.29. The van der Waals surface area contributed by atoms with E-state index in [9.17, 15) is 4.79 Å². The van der Waals surface area contributed by atoms with Crippen molar-refractivity contribution in [3.63, 3.8) is 0 Å². The number of nitrogens with zero attached hydrogens (tertiary/aromatic N) is 2. The third-order valence-electron chi connectivity index (χ3n) is 3.70. The highest BCUT2D eigenvalue weighted by Crippen LogP contribution is 2.11. The quantitative estimate of drug-likeness (QED) is 0.845. The molecule has 0 saturated carbocycles. The molecule has 0 radical (unpaired) electrons. The van der Waals surface area contributed by atoms with Crippen molar-refractivity contribution in [2.45, 2.75) is 19.2 Å². The molecule has 1 aromatic heterocycles. The van der Waals surface area contributed by atoms with Crippen LogP contribution in [0.2, 0.25) is 0 Å². The van der Waals surface area contributed by atoms with E-state index in [4.69, 9.17) is 4.74 Å². The van der Waals surface area contributed by atoms with Crippen LogP contribution in [0.5, 0.6) is 0 Å². The summed E-state index contributed by atoms with van der Waals surface area (Å²) in [5, 5.41) is 6.12. The maximum absolute atomic E-state index is 12.1. The maximum atomic E-state index is 12.1. The average Bonchev–Trinajstić information content (AvgIpc) is 3.07. The topological polar surface area (TPSA) is 68.2 Å². The van der Waals surface area contributed by atoms with Crippen molar-refractivity contribution in [2.75, 3.05) is 19.7 Å². The number of hydrogen-bond acceptors (Lipinski definition) is 4. The van der Waals surface area contributed by atoms with Crippen molar-refractivity contribution in [3.8, 4) is 0 Å². The molecule has 22 heavy (non-hydrogen) atoms. The molecule has 1 aliphatic rings. The zero-order valence-corrected chi connectivity index (χ0v) is 12.4. The normalized spacial score (nSPS) is 18.1. The Labute approximate surface area is 129 Å². The minimum absolute atomic E-state index is 0.0652. The van der Waals surface area contributed by atoms with E-state index in [0.717, 1.165) is 18.7 Å². The highest BCUT2D eigenvalue weighted by Gasteiger charge is 2.21. The van der Waals surface area contributed by atoms with Crippen LogP contribution in [0.1, 0.15) is 11.1 Å². The number of imidazole rings is 1. The number of morpholine rings is 1. The molecule has 1 amide bonds. The van der Waals surface area contributed by atoms with Gasteiger partial charge >= 0.3 is 0 Å². The third kappa shape index (κ3) is 3.72. The molecule has 0 aliphatic carbocycles. The second kappa shape index (κ2) is 7.20. The van der Waals surface area contributed by atoms with Gasteiger partial charge in [0.25, 0.3) is 5.91 Å². The van der Waals surface area contributed by atoms with Gasteiger partial charge in [-0.3, -0.25) is 4.79 Å². The van der Waals surface area contributed by atoms with Crippen molar-refractivity contribution >= 4 is 5.91 Å². The van der Waals surface area contributed by atoms with E-state index >= 15 is 0 Å². The lowest BCUT2D eigenvalue weighted by Crippen LogP contribution is -2.47. The molecular weight excluding hydrogens is 280 g/mol. The molecule has 1 saturated heterocycles. The summed E-state index contributed by atoms with van der Waals surface area (Å²) in [4.78, 5) is 16.2. The molecule has 2 N–H and O–H groups in total. The fourth-order valence-electron chi connectivity index (χ4n) is 2.49. The molecule has 0 spiro atoms. The van der Waals surface area contributed by atoms with Crippen LogP contribution in [0, 0.1) is 0 Å². The Morgan fingerprint density at radius 1 is 1.41 bits per heavy atom. The molecule has 116 valence electrons. The minimum Gasteiger partial charge on any atom is -0.366 e. The van der Waals surface area contributed by atoms with Crippen LogP contribution in [0.25, 0.3) is 0 Å².